The van der Waals surface area contributed by atoms with Crippen molar-refractivity contribution < 1.29 is 19.1 Å². The molecule has 0 aliphatic heterocycles. The number of amides is 2. The molecule has 0 aromatic heterocycles. The number of hydrogen-bond donors (Lipinski definition) is 1. The molecule has 0 bridgehead atoms. The van der Waals surface area contributed by atoms with Gasteiger partial charge in [0.25, 0.3) is 0 Å². The van der Waals surface area contributed by atoms with Gasteiger partial charge < -0.3 is 19.7 Å². The highest BCUT2D eigenvalue weighted by atomic mass is 16.5. The molecule has 2 rings (SSSR count). The minimum Gasteiger partial charge on any atom is -0.493 e. The Labute approximate surface area is 178 Å². The van der Waals surface area contributed by atoms with E-state index in [-0.39, 0.29) is 18.4 Å². The summed E-state index contributed by atoms with van der Waals surface area (Å²) in [5.74, 6) is 0.945. The third-order valence-electron chi connectivity index (χ3n) is 4.99. The summed E-state index contributed by atoms with van der Waals surface area (Å²) in [6.07, 6.45) is 0. The zero-order chi connectivity index (χ0) is 22.3. The smallest absolute Gasteiger partial charge is 0.243 e. The van der Waals surface area contributed by atoms with Gasteiger partial charge in [-0.1, -0.05) is 23.8 Å². The molecule has 30 heavy (non-hydrogen) atoms. The van der Waals surface area contributed by atoms with Crippen LogP contribution in [0.25, 0.3) is 0 Å². The van der Waals surface area contributed by atoms with Crippen LogP contribution in [0.1, 0.15) is 18.1 Å². The van der Waals surface area contributed by atoms with Crippen LogP contribution in [0, 0.1) is 6.92 Å². The zero-order valence-corrected chi connectivity index (χ0v) is 18.6. The van der Waals surface area contributed by atoms with Gasteiger partial charge in [-0.25, -0.2) is 0 Å². The van der Waals surface area contributed by atoms with Gasteiger partial charge in [-0.05, 0) is 50.7 Å². The van der Waals surface area contributed by atoms with Gasteiger partial charge in [-0.2, -0.15) is 0 Å². The molecule has 0 fully saturated rings. The van der Waals surface area contributed by atoms with Crippen LogP contribution >= 0.6 is 0 Å². The number of likely N-dealkylation sites (N-methyl/N-ethyl adjacent to an activating group) is 2. The second kappa shape index (κ2) is 10.6. The largest absolute Gasteiger partial charge is 0.493 e. The molecule has 162 valence electrons. The first-order chi connectivity index (χ1) is 14.2. The number of carbonyl (C=O) groups excluding carboxylic acids is 2. The van der Waals surface area contributed by atoms with E-state index in [0.29, 0.717) is 23.7 Å². The number of rotatable bonds is 9. The molecular formula is C23H31N3O4. The van der Waals surface area contributed by atoms with Crippen molar-refractivity contribution in [2.45, 2.75) is 26.4 Å². The highest BCUT2D eigenvalue weighted by molar-refractivity contribution is 5.95. The van der Waals surface area contributed by atoms with Gasteiger partial charge in [-0.15, -0.1) is 0 Å². The Kier molecular flexibility index (Phi) is 8.24. The summed E-state index contributed by atoms with van der Waals surface area (Å²) in [6, 6.07) is 12.8. The molecule has 0 saturated carbocycles. The first kappa shape index (κ1) is 23.2. The maximum absolute atomic E-state index is 12.8. The van der Waals surface area contributed by atoms with Crippen LogP contribution in [0.3, 0.4) is 0 Å². The van der Waals surface area contributed by atoms with Crippen LogP contribution in [0.4, 0.5) is 5.69 Å². The maximum Gasteiger partial charge on any atom is 0.243 e. The SMILES string of the molecule is COc1ccc(CN(C)[C@H](C)C(=O)N(C)CC(=O)Nc2ccc(C)cc2)cc1OC. The van der Waals surface area contributed by atoms with Crippen LogP contribution in [0.2, 0.25) is 0 Å². The highest BCUT2D eigenvalue weighted by Gasteiger charge is 2.23. The van der Waals surface area contributed by atoms with E-state index >= 15 is 0 Å². The fourth-order valence-electron chi connectivity index (χ4n) is 3.04. The summed E-state index contributed by atoms with van der Waals surface area (Å²) >= 11 is 0. The third kappa shape index (κ3) is 6.22. The normalized spacial score (nSPS) is 11.7. The van der Waals surface area contributed by atoms with Crippen molar-refractivity contribution in [3.63, 3.8) is 0 Å². The molecule has 0 heterocycles. The van der Waals surface area contributed by atoms with Gasteiger partial charge in [0.1, 0.15) is 0 Å². The number of ether oxygens (including phenoxy) is 2. The summed E-state index contributed by atoms with van der Waals surface area (Å²) in [7, 11) is 6.70. The molecule has 7 nitrogen and oxygen atoms in total. The maximum atomic E-state index is 12.8. The van der Waals surface area contributed by atoms with Gasteiger partial charge in [0.05, 0.1) is 26.8 Å². The van der Waals surface area contributed by atoms with Gasteiger partial charge in [0.15, 0.2) is 11.5 Å². The predicted molar refractivity (Wildman–Crippen MR) is 118 cm³/mol. The van der Waals surface area contributed by atoms with E-state index in [1.807, 2.05) is 68.3 Å². The zero-order valence-electron chi connectivity index (χ0n) is 18.6. The minimum atomic E-state index is -0.393. The number of nitrogens with zero attached hydrogens (tertiary/aromatic N) is 2. The van der Waals surface area contributed by atoms with Crippen molar-refractivity contribution in [3.05, 3.63) is 53.6 Å². The number of aryl methyl sites for hydroxylation is 1. The quantitative estimate of drug-likeness (QED) is 0.684. The van der Waals surface area contributed by atoms with Crippen LogP contribution in [-0.4, -0.2) is 62.5 Å². The lowest BCUT2D eigenvalue weighted by atomic mass is 10.1. The average Bonchev–Trinajstić information content (AvgIpc) is 2.73. The summed E-state index contributed by atoms with van der Waals surface area (Å²) < 4.78 is 10.6. The number of methoxy groups -OCH3 is 2. The van der Waals surface area contributed by atoms with Crippen molar-refractivity contribution in [2.24, 2.45) is 0 Å². The fraction of sp³-hybridized carbons (Fsp3) is 0.391. The average molecular weight is 414 g/mol. The van der Waals surface area contributed by atoms with Gasteiger partial charge in [-0.3, -0.25) is 14.5 Å². The molecule has 0 saturated heterocycles. The van der Waals surface area contributed by atoms with Crippen LogP contribution < -0.4 is 14.8 Å². The summed E-state index contributed by atoms with van der Waals surface area (Å²) in [5, 5.41) is 2.81. The lowest BCUT2D eigenvalue weighted by molar-refractivity contribution is -0.137. The Morgan fingerprint density at radius 1 is 1.00 bits per heavy atom. The molecule has 0 aliphatic carbocycles. The van der Waals surface area contributed by atoms with Crippen molar-refractivity contribution in [1.29, 1.82) is 0 Å². The number of anilines is 1. The Balaban J connectivity index is 1.93. The van der Waals surface area contributed by atoms with E-state index in [4.69, 9.17) is 9.47 Å². The number of benzene rings is 2. The van der Waals surface area contributed by atoms with E-state index in [9.17, 15) is 9.59 Å². The molecule has 0 spiro atoms. The predicted octanol–water partition coefficient (Wildman–Crippen LogP) is 2.93. The van der Waals surface area contributed by atoms with Crippen LogP contribution in [0.5, 0.6) is 11.5 Å². The van der Waals surface area contributed by atoms with Crippen molar-refractivity contribution in [3.8, 4) is 11.5 Å². The molecule has 2 aromatic rings. The summed E-state index contributed by atoms with van der Waals surface area (Å²) in [4.78, 5) is 28.4. The molecule has 2 amide bonds. The van der Waals surface area contributed by atoms with Crippen molar-refractivity contribution in [1.82, 2.24) is 9.80 Å². The number of nitrogens with one attached hydrogen (secondary N) is 1. The first-order valence-electron chi connectivity index (χ1n) is 9.77. The monoisotopic (exact) mass is 413 g/mol. The minimum absolute atomic E-state index is 0.0127. The molecule has 7 heteroatoms. The van der Waals surface area contributed by atoms with E-state index in [1.165, 1.54) is 4.90 Å². The second-order valence-corrected chi connectivity index (χ2v) is 7.39. The fourth-order valence-corrected chi connectivity index (χ4v) is 3.04. The standard InChI is InChI=1S/C23H31N3O4/c1-16-7-10-19(11-8-16)24-22(27)15-26(4)23(28)17(2)25(3)14-18-9-12-20(29-5)21(13-18)30-6/h7-13,17H,14-15H2,1-6H3,(H,24,27)/t17-/m1/s1. The molecule has 2 aromatic carbocycles. The summed E-state index contributed by atoms with van der Waals surface area (Å²) in [5.41, 5.74) is 2.83. The van der Waals surface area contributed by atoms with Gasteiger partial charge in [0, 0.05) is 19.3 Å². The third-order valence-corrected chi connectivity index (χ3v) is 4.99. The van der Waals surface area contributed by atoms with Crippen LogP contribution in [0.15, 0.2) is 42.5 Å². The highest BCUT2D eigenvalue weighted by Crippen LogP contribution is 2.28. The van der Waals surface area contributed by atoms with E-state index in [1.54, 1.807) is 21.3 Å². The Hall–Kier alpha value is -3.06. The summed E-state index contributed by atoms with van der Waals surface area (Å²) in [6.45, 7) is 4.35. The topological polar surface area (TPSA) is 71.1 Å². The lowest BCUT2D eigenvalue weighted by Gasteiger charge is -2.28. The Bertz CT molecular complexity index is 867. The van der Waals surface area contributed by atoms with E-state index in [0.717, 1.165) is 11.1 Å². The van der Waals surface area contributed by atoms with Gasteiger partial charge in [0.2, 0.25) is 11.8 Å². The van der Waals surface area contributed by atoms with E-state index in [2.05, 4.69) is 5.32 Å². The number of carbonyl (C=O) groups is 2. The lowest BCUT2D eigenvalue weighted by Crippen LogP contribution is -2.46. The second-order valence-electron chi connectivity index (χ2n) is 7.39. The molecule has 1 atom stereocenters. The van der Waals surface area contributed by atoms with Crippen molar-refractivity contribution in [2.75, 3.05) is 40.2 Å². The first-order valence-corrected chi connectivity index (χ1v) is 9.77. The molecule has 1 N–H and O–H groups in total. The molecule has 0 aliphatic rings. The Morgan fingerprint density at radius 2 is 1.63 bits per heavy atom. The van der Waals surface area contributed by atoms with Crippen LogP contribution in [-0.2, 0) is 16.1 Å². The molecular weight excluding hydrogens is 382 g/mol. The van der Waals surface area contributed by atoms with E-state index < -0.39 is 6.04 Å². The number of hydrogen-bond acceptors (Lipinski definition) is 5. The van der Waals surface area contributed by atoms with Gasteiger partial charge >= 0.3 is 0 Å². The van der Waals surface area contributed by atoms with Crippen molar-refractivity contribution >= 4 is 17.5 Å². The molecule has 0 radical (unpaired) electrons. The Morgan fingerprint density at radius 3 is 2.23 bits per heavy atom. The molecule has 0 unspecified atom stereocenters.